The maximum absolute atomic E-state index is 12.2. The fraction of sp³-hybridized carbons (Fsp3) is 0.263. The molecule has 2 rings (SSSR count). The SMILES string of the molecule is CCOC(=O)C(CC)c1ccccc1SC(=O)Oc1ccccc1. The van der Waals surface area contributed by atoms with Crippen LogP contribution in [-0.2, 0) is 9.53 Å². The molecule has 0 aliphatic rings. The molecule has 0 heterocycles. The summed E-state index contributed by atoms with van der Waals surface area (Å²) in [5, 5.41) is -0.438. The molecule has 4 nitrogen and oxygen atoms in total. The predicted molar refractivity (Wildman–Crippen MR) is 94.4 cm³/mol. The quantitative estimate of drug-likeness (QED) is 0.543. The molecule has 0 N–H and O–H groups in total. The minimum absolute atomic E-state index is 0.274. The van der Waals surface area contributed by atoms with E-state index in [1.165, 1.54) is 0 Å². The molecule has 0 fully saturated rings. The molecule has 1 unspecified atom stereocenters. The standard InChI is InChI=1S/C19H20O4S/c1-3-15(18(20)22-4-2)16-12-8-9-13-17(16)24-19(21)23-14-10-6-5-7-11-14/h5-13,15H,3-4H2,1-2H3. The first kappa shape index (κ1) is 18.1. The number of rotatable bonds is 6. The van der Waals surface area contributed by atoms with Crippen molar-refractivity contribution in [1.82, 2.24) is 0 Å². The van der Waals surface area contributed by atoms with Crippen molar-refractivity contribution in [3.05, 3.63) is 60.2 Å². The lowest BCUT2D eigenvalue weighted by Gasteiger charge is -2.17. The zero-order valence-electron chi connectivity index (χ0n) is 13.7. The van der Waals surface area contributed by atoms with Crippen LogP contribution in [0, 0.1) is 0 Å². The number of hydrogen-bond donors (Lipinski definition) is 0. The van der Waals surface area contributed by atoms with E-state index in [9.17, 15) is 9.59 Å². The van der Waals surface area contributed by atoms with Crippen LogP contribution in [0.2, 0.25) is 0 Å². The third-order valence-corrected chi connectivity index (χ3v) is 4.25. The smallest absolute Gasteiger partial charge is 0.377 e. The number of ether oxygens (including phenoxy) is 2. The Morgan fingerprint density at radius 2 is 1.67 bits per heavy atom. The number of carbonyl (C=O) groups is 2. The lowest BCUT2D eigenvalue weighted by molar-refractivity contribution is -0.145. The van der Waals surface area contributed by atoms with Crippen LogP contribution in [-0.4, -0.2) is 17.9 Å². The van der Waals surface area contributed by atoms with Crippen molar-refractivity contribution in [2.75, 3.05) is 6.61 Å². The zero-order chi connectivity index (χ0) is 17.4. The average Bonchev–Trinajstić information content (AvgIpc) is 2.58. The van der Waals surface area contributed by atoms with Crippen molar-refractivity contribution in [1.29, 1.82) is 0 Å². The van der Waals surface area contributed by atoms with E-state index in [-0.39, 0.29) is 5.97 Å². The van der Waals surface area contributed by atoms with Crippen LogP contribution >= 0.6 is 11.8 Å². The molecule has 0 bridgehead atoms. The van der Waals surface area contributed by atoms with Crippen molar-refractivity contribution in [2.45, 2.75) is 31.1 Å². The summed E-state index contributed by atoms with van der Waals surface area (Å²) in [6, 6.07) is 16.2. The van der Waals surface area contributed by atoms with Gasteiger partial charge in [-0.3, -0.25) is 4.79 Å². The lowest BCUT2D eigenvalue weighted by Crippen LogP contribution is -2.16. The van der Waals surface area contributed by atoms with Gasteiger partial charge in [0.05, 0.1) is 12.5 Å². The summed E-state index contributed by atoms with van der Waals surface area (Å²) < 4.78 is 10.4. The number of thioether (sulfide) groups is 1. The van der Waals surface area contributed by atoms with E-state index in [0.29, 0.717) is 23.7 Å². The third kappa shape index (κ3) is 4.86. The average molecular weight is 344 g/mol. The molecule has 1 atom stereocenters. The van der Waals surface area contributed by atoms with Gasteiger partial charge in [-0.1, -0.05) is 43.3 Å². The Balaban J connectivity index is 2.16. The Labute approximate surface area is 146 Å². The van der Waals surface area contributed by atoms with Gasteiger partial charge in [0.25, 0.3) is 0 Å². The number of carbonyl (C=O) groups excluding carboxylic acids is 2. The molecule has 24 heavy (non-hydrogen) atoms. The summed E-state index contributed by atoms with van der Waals surface area (Å²) in [6.07, 6.45) is 0.601. The van der Waals surface area contributed by atoms with Crippen LogP contribution < -0.4 is 4.74 Å². The van der Waals surface area contributed by atoms with Gasteiger partial charge >= 0.3 is 11.3 Å². The first-order valence-electron chi connectivity index (χ1n) is 7.86. The summed E-state index contributed by atoms with van der Waals surface area (Å²) >= 11 is 0.975. The summed E-state index contributed by atoms with van der Waals surface area (Å²) in [7, 11) is 0. The largest absolute Gasteiger partial charge is 0.466 e. The summed E-state index contributed by atoms with van der Waals surface area (Å²) in [6.45, 7) is 4.04. The molecule has 0 amide bonds. The highest BCUT2D eigenvalue weighted by atomic mass is 32.2. The van der Waals surface area contributed by atoms with Crippen LogP contribution in [0.3, 0.4) is 0 Å². The predicted octanol–water partition coefficient (Wildman–Crippen LogP) is 5.03. The van der Waals surface area contributed by atoms with Crippen LogP contribution in [0.4, 0.5) is 4.79 Å². The molecule has 2 aromatic rings. The van der Waals surface area contributed by atoms with Crippen LogP contribution in [0.1, 0.15) is 31.7 Å². The Morgan fingerprint density at radius 3 is 2.33 bits per heavy atom. The van der Waals surface area contributed by atoms with Gasteiger partial charge in [0.2, 0.25) is 0 Å². The molecule has 0 saturated heterocycles. The van der Waals surface area contributed by atoms with E-state index in [1.807, 2.05) is 37.3 Å². The van der Waals surface area contributed by atoms with Gasteiger partial charge < -0.3 is 9.47 Å². The van der Waals surface area contributed by atoms with Crippen molar-refractivity contribution in [2.24, 2.45) is 0 Å². The van der Waals surface area contributed by atoms with Crippen LogP contribution in [0.25, 0.3) is 0 Å². The molecule has 0 aromatic heterocycles. The monoisotopic (exact) mass is 344 g/mol. The summed E-state index contributed by atoms with van der Waals surface area (Å²) in [5.41, 5.74) is 0.786. The molecule has 126 valence electrons. The highest BCUT2D eigenvalue weighted by Gasteiger charge is 2.24. The van der Waals surface area contributed by atoms with Crippen molar-refractivity contribution < 1.29 is 19.1 Å². The normalized spacial score (nSPS) is 11.6. The number of hydrogen-bond acceptors (Lipinski definition) is 5. The van der Waals surface area contributed by atoms with Gasteiger partial charge in [-0.25, -0.2) is 4.79 Å². The fourth-order valence-electron chi connectivity index (χ4n) is 2.31. The molecule has 2 aromatic carbocycles. The second kappa shape index (κ2) is 9.13. The highest BCUT2D eigenvalue weighted by Crippen LogP contribution is 2.32. The first-order chi connectivity index (χ1) is 11.7. The maximum atomic E-state index is 12.2. The first-order valence-corrected chi connectivity index (χ1v) is 8.67. The van der Waals surface area contributed by atoms with E-state index in [2.05, 4.69) is 0 Å². The van der Waals surface area contributed by atoms with Crippen molar-refractivity contribution in [3.8, 4) is 5.75 Å². The summed E-state index contributed by atoms with van der Waals surface area (Å²) in [5.74, 6) is -0.174. The van der Waals surface area contributed by atoms with Gasteiger partial charge in [-0.05, 0) is 48.9 Å². The minimum atomic E-state index is -0.438. The van der Waals surface area contributed by atoms with Gasteiger partial charge in [-0.15, -0.1) is 0 Å². The Bertz CT molecular complexity index is 685. The van der Waals surface area contributed by atoms with Gasteiger partial charge in [0, 0.05) is 4.90 Å². The zero-order valence-corrected chi connectivity index (χ0v) is 14.5. The van der Waals surface area contributed by atoms with Crippen molar-refractivity contribution >= 4 is 23.0 Å². The number of para-hydroxylation sites is 1. The second-order valence-corrected chi connectivity index (χ2v) is 6.00. The molecule has 0 aliphatic carbocycles. The molecular formula is C19H20O4S. The van der Waals surface area contributed by atoms with Crippen LogP contribution in [0.5, 0.6) is 5.75 Å². The molecule has 0 spiro atoms. The molecular weight excluding hydrogens is 324 g/mol. The van der Waals surface area contributed by atoms with Gasteiger partial charge in [-0.2, -0.15) is 0 Å². The molecule has 5 heteroatoms. The number of benzene rings is 2. The van der Waals surface area contributed by atoms with E-state index in [0.717, 1.165) is 17.3 Å². The topological polar surface area (TPSA) is 52.6 Å². The van der Waals surface area contributed by atoms with E-state index < -0.39 is 11.2 Å². The molecule has 0 radical (unpaired) electrons. The minimum Gasteiger partial charge on any atom is -0.466 e. The molecule has 0 saturated carbocycles. The third-order valence-electron chi connectivity index (χ3n) is 3.41. The Hall–Kier alpha value is -2.27. The van der Waals surface area contributed by atoms with Gasteiger partial charge in [0.15, 0.2) is 0 Å². The van der Waals surface area contributed by atoms with Gasteiger partial charge in [0.1, 0.15) is 5.75 Å². The van der Waals surface area contributed by atoms with Crippen molar-refractivity contribution in [3.63, 3.8) is 0 Å². The lowest BCUT2D eigenvalue weighted by atomic mass is 9.96. The number of esters is 1. The maximum Gasteiger partial charge on any atom is 0.377 e. The van der Waals surface area contributed by atoms with Crippen LogP contribution in [0.15, 0.2) is 59.5 Å². The Kier molecular flexibility index (Phi) is 6.88. The fourth-order valence-corrected chi connectivity index (χ4v) is 3.11. The second-order valence-electron chi connectivity index (χ2n) is 5.02. The summed E-state index contributed by atoms with van der Waals surface area (Å²) in [4.78, 5) is 25.0. The van der Waals surface area contributed by atoms with E-state index in [1.54, 1.807) is 31.2 Å². The molecule has 0 aliphatic heterocycles. The van der Waals surface area contributed by atoms with E-state index >= 15 is 0 Å². The van der Waals surface area contributed by atoms with E-state index in [4.69, 9.17) is 9.47 Å². The Morgan fingerprint density at radius 1 is 1.00 bits per heavy atom. The highest BCUT2D eigenvalue weighted by molar-refractivity contribution is 8.13.